The van der Waals surface area contributed by atoms with Gasteiger partial charge in [0, 0.05) is 19.3 Å². The molecule has 0 bridgehead atoms. The fraction of sp³-hybridized carbons (Fsp3) is 0.945. The average Bonchev–Trinajstić information content (AvgIpc) is 3.24. The molecule has 0 aromatic rings. The summed E-state index contributed by atoms with van der Waals surface area (Å²) >= 11 is 0. The summed E-state index contributed by atoms with van der Waals surface area (Å²) in [6, 6.07) is 0. The third kappa shape index (κ3) is 47.7. The van der Waals surface area contributed by atoms with Gasteiger partial charge < -0.3 is 14.2 Å². The number of hydrogen-bond acceptors (Lipinski definition) is 6. The number of unbranched alkanes of at least 4 members (excludes halogenated alkanes) is 33. The Morgan fingerprint density at radius 2 is 0.623 bits per heavy atom. The molecule has 0 saturated heterocycles. The summed E-state index contributed by atoms with van der Waals surface area (Å²) in [4.78, 5) is 38.0. The van der Waals surface area contributed by atoms with E-state index in [9.17, 15) is 14.4 Å². The predicted molar refractivity (Wildman–Crippen MR) is 261 cm³/mol. The van der Waals surface area contributed by atoms with Crippen molar-refractivity contribution in [3.8, 4) is 0 Å². The molecule has 0 rings (SSSR count). The van der Waals surface area contributed by atoms with Crippen molar-refractivity contribution in [3.63, 3.8) is 0 Å². The minimum absolute atomic E-state index is 0.0638. The number of hydrogen-bond donors (Lipinski definition) is 0. The Bertz CT molecular complexity index is 933. The highest BCUT2D eigenvalue weighted by Crippen LogP contribution is 2.18. The van der Waals surface area contributed by atoms with E-state index in [1.807, 2.05) is 0 Å². The third-order valence-corrected chi connectivity index (χ3v) is 12.8. The van der Waals surface area contributed by atoms with Gasteiger partial charge in [0.25, 0.3) is 0 Å². The van der Waals surface area contributed by atoms with E-state index in [1.54, 1.807) is 0 Å². The summed E-state index contributed by atoms with van der Waals surface area (Å²) in [5.74, 6) is 0.816. The van der Waals surface area contributed by atoms with Gasteiger partial charge in [0.05, 0.1) is 0 Å². The lowest BCUT2D eigenvalue weighted by molar-refractivity contribution is -0.167. The Labute approximate surface area is 380 Å². The Kier molecular flexibility index (Phi) is 46.6. The molecule has 1 unspecified atom stereocenters. The molecule has 6 heteroatoms. The van der Waals surface area contributed by atoms with E-state index in [0.29, 0.717) is 19.3 Å². The molecule has 0 amide bonds. The molecule has 0 aliphatic carbocycles. The maximum absolute atomic E-state index is 12.8. The second kappa shape index (κ2) is 47.9. The van der Waals surface area contributed by atoms with Gasteiger partial charge in [0.2, 0.25) is 0 Å². The van der Waals surface area contributed by atoms with E-state index in [1.165, 1.54) is 193 Å². The third-order valence-electron chi connectivity index (χ3n) is 12.8. The van der Waals surface area contributed by atoms with Crippen LogP contribution in [0.2, 0.25) is 0 Å². The zero-order valence-corrected chi connectivity index (χ0v) is 41.8. The van der Waals surface area contributed by atoms with Crippen LogP contribution in [0.5, 0.6) is 0 Å². The van der Waals surface area contributed by atoms with Gasteiger partial charge in [-0.15, -0.1) is 0 Å². The van der Waals surface area contributed by atoms with E-state index in [2.05, 4.69) is 34.6 Å². The van der Waals surface area contributed by atoms with Crippen LogP contribution in [0.15, 0.2) is 0 Å². The lowest BCUT2D eigenvalue weighted by Crippen LogP contribution is -2.30. The Morgan fingerprint density at radius 3 is 0.934 bits per heavy atom. The van der Waals surface area contributed by atoms with Crippen molar-refractivity contribution in [3.05, 3.63) is 0 Å². The smallest absolute Gasteiger partial charge is 0.306 e. The fourth-order valence-electron chi connectivity index (χ4n) is 8.31. The normalized spacial score (nSPS) is 12.5. The predicted octanol–water partition coefficient (Wildman–Crippen LogP) is 17.7. The highest BCUT2D eigenvalue weighted by molar-refractivity contribution is 5.71. The quantitative estimate of drug-likeness (QED) is 0.0344. The highest BCUT2D eigenvalue weighted by atomic mass is 16.6. The van der Waals surface area contributed by atoms with Crippen molar-refractivity contribution in [2.75, 3.05) is 13.2 Å². The molecule has 362 valence electrons. The number of carbonyl (C=O) groups is 3. The van der Waals surface area contributed by atoms with Crippen LogP contribution in [0, 0.1) is 11.8 Å². The molecule has 0 N–H and O–H groups in total. The maximum atomic E-state index is 12.8. The van der Waals surface area contributed by atoms with Gasteiger partial charge in [-0.05, 0) is 31.1 Å². The Hall–Kier alpha value is -1.59. The SMILES string of the molecule is CCCCCCCCCCCCCCCCCC(=O)O[C@@H](COC(=O)CCCCCCCCCCCCCCCCCC(C)C)COC(=O)CCCCCCCCC(C)CC. The molecule has 61 heavy (non-hydrogen) atoms. The van der Waals surface area contributed by atoms with E-state index in [0.717, 1.165) is 69.6 Å². The first-order chi connectivity index (χ1) is 29.8. The summed E-state index contributed by atoms with van der Waals surface area (Å²) in [6.45, 7) is 11.4. The molecule has 0 aromatic heterocycles. The highest BCUT2D eigenvalue weighted by Gasteiger charge is 2.19. The van der Waals surface area contributed by atoms with Gasteiger partial charge in [0.1, 0.15) is 13.2 Å². The number of esters is 3. The zero-order valence-electron chi connectivity index (χ0n) is 41.8. The van der Waals surface area contributed by atoms with E-state index in [4.69, 9.17) is 14.2 Å². The molecule has 0 heterocycles. The van der Waals surface area contributed by atoms with Gasteiger partial charge in [-0.1, -0.05) is 266 Å². The van der Waals surface area contributed by atoms with Crippen LogP contribution in [-0.4, -0.2) is 37.2 Å². The first-order valence-corrected chi connectivity index (χ1v) is 27.3. The lowest BCUT2D eigenvalue weighted by Gasteiger charge is -2.18. The molecule has 0 aliphatic heterocycles. The number of ether oxygens (including phenoxy) is 3. The van der Waals surface area contributed by atoms with Crippen LogP contribution in [0.1, 0.15) is 304 Å². The van der Waals surface area contributed by atoms with Crippen molar-refractivity contribution in [1.82, 2.24) is 0 Å². The molecule has 0 saturated carbocycles. The monoisotopic (exact) mass is 863 g/mol. The van der Waals surface area contributed by atoms with Gasteiger partial charge in [-0.3, -0.25) is 14.4 Å². The van der Waals surface area contributed by atoms with Crippen LogP contribution < -0.4 is 0 Å². The van der Waals surface area contributed by atoms with Gasteiger partial charge in [-0.2, -0.15) is 0 Å². The van der Waals surface area contributed by atoms with Crippen LogP contribution in [-0.2, 0) is 28.6 Å². The van der Waals surface area contributed by atoms with E-state index < -0.39 is 6.10 Å². The molecule has 0 radical (unpaired) electrons. The second-order valence-corrected chi connectivity index (χ2v) is 19.6. The maximum Gasteiger partial charge on any atom is 0.306 e. The van der Waals surface area contributed by atoms with E-state index in [-0.39, 0.29) is 31.1 Å². The Balaban J connectivity index is 4.26. The summed E-state index contributed by atoms with van der Waals surface area (Å²) in [6.07, 6.45) is 49.5. The van der Waals surface area contributed by atoms with Crippen LogP contribution in [0.4, 0.5) is 0 Å². The zero-order chi connectivity index (χ0) is 44.7. The molecule has 0 aliphatic rings. The van der Waals surface area contributed by atoms with Crippen LogP contribution >= 0.6 is 0 Å². The molecule has 0 aromatic carbocycles. The van der Waals surface area contributed by atoms with Crippen molar-refractivity contribution in [1.29, 1.82) is 0 Å². The fourth-order valence-corrected chi connectivity index (χ4v) is 8.31. The largest absolute Gasteiger partial charge is 0.462 e. The average molecular weight is 863 g/mol. The summed E-state index contributed by atoms with van der Waals surface area (Å²) < 4.78 is 16.8. The van der Waals surface area contributed by atoms with Gasteiger partial charge in [0.15, 0.2) is 6.10 Å². The topological polar surface area (TPSA) is 78.9 Å². The van der Waals surface area contributed by atoms with Crippen LogP contribution in [0.3, 0.4) is 0 Å². The molecule has 0 fully saturated rings. The Morgan fingerprint density at radius 1 is 0.344 bits per heavy atom. The summed E-state index contributed by atoms with van der Waals surface area (Å²) in [7, 11) is 0. The van der Waals surface area contributed by atoms with Crippen molar-refractivity contribution < 1.29 is 28.6 Å². The van der Waals surface area contributed by atoms with Crippen LogP contribution in [0.25, 0.3) is 0 Å². The van der Waals surface area contributed by atoms with Gasteiger partial charge in [-0.25, -0.2) is 0 Å². The number of rotatable bonds is 49. The molecule has 2 atom stereocenters. The lowest BCUT2D eigenvalue weighted by atomic mass is 10.00. The number of carbonyl (C=O) groups excluding carboxylic acids is 3. The molecule has 0 spiro atoms. The van der Waals surface area contributed by atoms with Gasteiger partial charge >= 0.3 is 17.9 Å². The molecular formula is C55H106O6. The summed E-state index contributed by atoms with van der Waals surface area (Å²) in [5.41, 5.74) is 0. The molecule has 6 nitrogen and oxygen atoms in total. The standard InChI is InChI=1S/C55H106O6/c1-6-8-9-10-11-12-13-14-16-21-24-27-30-37-42-47-55(58)61-52(49-60-54(57)46-41-36-32-31-34-39-44-51(5)7-2)48-59-53(56)45-40-35-29-26-23-20-18-15-17-19-22-25-28-33-38-43-50(3)4/h50-52H,6-49H2,1-5H3/t51?,52-/m0/s1. The first kappa shape index (κ1) is 59.4. The molecular weight excluding hydrogens is 757 g/mol. The minimum atomic E-state index is -0.762. The summed E-state index contributed by atoms with van der Waals surface area (Å²) in [5, 5.41) is 0. The van der Waals surface area contributed by atoms with Crippen molar-refractivity contribution in [2.45, 2.75) is 310 Å². The minimum Gasteiger partial charge on any atom is -0.462 e. The van der Waals surface area contributed by atoms with E-state index >= 15 is 0 Å². The second-order valence-electron chi connectivity index (χ2n) is 19.6. The van der Waals surface area contributed by atoms with Crippen molar-refractivity contribution in [2.24, 2.45) is 11.8 Å². The first-order valence-electron chi connectivity index (χ1n) is 27.3. The van der Waals surface area contributed by atoms with Crippen molar-refractivity contribution >= 4 is 17.9 Å².